The summed E-state index contributed by atoms with van der Waals surface area (Å²) in [6.45, 7) is 4.06. The van der Waals surface area contributed by atoms with E-state index in [0.717, 1.165) is 5.56 Å². The number of phenols is 1. The predicted octanol–water partition coefficient (Wildman–Crippen LogP) is 5.04. The Kier molecular flexibility index (Phi) is 5.04. The lowest BCUT2D eigenvalue weighted by Crippen LogP contribution is -2.08. The summed E-state index contributed by atoms with van der Waals surface area (Å²) in [5, 5.41) is 10.6. The molecule has 1 aliphatic carbocycles. The van der Waals surface area contributed by atoms with Crippen LogP contribution in [-0.2, 0) is 4.74 Å². The first-order valence-electron chi connectivity index (χ1n) is 9.34. The van der Waals surface area contributed by atoms with E-state index in [1.165, 1.54) is 18.2 Å². The highest BCUT2D eigenvalue weighted by molar-refractivity contribution is 6.07. The smallest absolute Gasteiger partial charge is 0.338 e. The number of carbonyl (C=O) groups excluding carboxylic acids is 1. The van der Waals surface area contributed by atoms with Crippen molar-refractivity contribution in [2.24, 2.45) is 0 Å². The zero-order valence-electron chi connectivity index (χ0n) is 15.7. The molecular formula is C24H19O5. The van der Waals surface area contributed by atoms with Crippen LogP contribution in [0.4, 0.5) is 0 Å². The maximum absolute atomic E-state index is 12.7. The van der Waals surface area contributed by atoms with Gasteiger partial charge in [0.2, 0.25) is 0 Å². The molecule has 2 aromatic carbocycles. The van der Waals surface area contributed by atoms with E-state index in [-0.39, 0.29) is 11.2 Å². The van der Waals surface area contributed by atoms with Gasteiger partial charge in [-0.1, -0.05) is 31.5 Å². The number of phenolic OH excluding ortho intramolecular Hbond substituents is 1. The van der Waals surface area contributed by atoms with Gasteiger partial charge in [-0.05, 0) is 42.3 Å². The second kappa shape index (κ2) is 7.80. The molecule has 0 saturated carbocycles. The van der Waals surface area contributed by atoms with E-state index in [9.17, 15) is 14.7 Å². The molecule has 0 aromatic heterocycles. The minimum atomic E-state index is -0.421. The van der Waals surface area contributed by atoms with Crippen LogP contribution in [0.2, 0.25) is 0 Å². The average Bonchev–Trinajstić information content (AvgIpc) is 2.72. The third kappa shape index (κ3) is 3.59. The number of fused-ring (bicyclic) bond motifs is 2. The van der Waals surface area contributed by atoms with E-state index in [1.807, 2.05) is 12.1 Å². The fraction of sp³-hybridized carbons (Fsp3) is 0.125. The number of rotatable bonds is 5. The molecule has 2 aliphatic rings. The zero-order valence-corrected chi connectivity index (χ0v) is 15.7. The Labute approximate surface area is 167 Å². The van der Waals surface area contributed by atoms with Crippen molar-refractivity contribution in [3.63, 3.8) is 0 Å². The van der Waals surface area contributed by atoms with Crippen LogP contribution in [0.3, 0.4) is 0 Å². The van der Waals surface area contributed by atoms with Crippen LogP contribution in [0.1, 0.15) is 23.2 Å². The highest BCUT2D eigenvalue weighted by Crippen LogP contribution is 2.41. The van der Waals surface area contributed by atoms with Crippen LogP contribution >= 0.6 is 0 Å². The SMILES string of the molecule is [CH2]CCCOC(=O)c1ccccc1-c1c2ccc(=O)cc-2oc2cc(O)ccc12. The molecule has 29 heavy (non-hydrogen) atoms. The lowest BCUT2D eigenvalue weighted by molar-refractivity contribution is 0.0502. The molecule has 1 heterocycles. The lowest BCUT2D eigenvalue weighted by atomic mass is 9.91. The van der Waals surface area contributed by atoms with Gasteiger partial charge in [0.25, 0.3) is 0 Å². The van der Waals surface area contributed by atoms with Crippen molar-refractivity contribution in [2.75, 3.05) is 6.61 Å². The van der Waals surface area contributed by atoms with Gasteiger partial charge < -0.3 is 14.3 Å². The van der Waals surface area contributed by atoms with Gasteiger partial charge in [-0.25, -0.2) is 4.79 Å². The fourth-order valence-electron chi connectivity index (χ4n) is 3.37. The Hall–Kier alpha value is -3.60. The van der Waals surface area contributed by atoms with Crippen molar-refractivity contribution < 1.29 is 19.1 Å². The molecule has 0 bridgehead atoms. The Morgan fingerprint density at radius 2 is 1.86 bits per heavy atom. The number of benzene rings is 3. The quantitative estimate of drug-likeness (QED) is 0.295. The second-order valence-electron chi connectivity index (χ2n) is 6.70. The standard InChI is InChI=1S/C24H19O5/c1-2-3-12-28-24(27)18-7-5-4-6-17(18)23-19-10-8-15(25)13-21(19)29-22-14-16(26)9-11-20(22)23/h4-11,13-14,25H,1-3,12H2. The molecular weight excluding hydrogens is 368 g/mol. The van der Waals surface area contributed by atoms with Crippen molar-refractivity contribution in [3.05, 3.63) is 83.4 Å². The van der Waals surface area contributed by atoms with E-state index in [0.29, 0.717) is 52.9 Å². The second-order valence-corrected chi connectivity index (χ2v) is 6.70. The average molecular weight is 387 g/mol. The van der Waals surface area contributed by atoms with Crippen molar-refractivity contribution in [3.8, 4) is 28.2 Å². The molecule has 0 unspecified atom stereocenters. The van der Waals surface area contributed by atoms with Crippen LogP contribution in [-0.4, -0.2) is 17.7 Å². The van der Waals surface area contributed by atoms with Gasteiger partial charge in [0.15, 0.2) is 5.43 Å². The van der Waals surface area contributed by atoms with Gasteiger partial charge >= 0.3 is 5.97 Å². The Bertz CT molecular complexity index is 1220. The summed E-state index contributed by atoms with van der Waals surface area (Å²) >= 11 is 0. The number of esters is 1. The van der Waals surface area contributed by atoms with Gasteiger partial charge in [-0.15, -0.1) is 0 Å². The number of ether oxygens (including phenoxy) is 1. The number of carbonyl (C=O) groups is 1. The third-order valence-corrected chi connectivity index (χ3v) is 4.72. The number of unbranched alkanes of at least 4 members (excludes halogenated alkanes) is 1. The molecule has 1 aliphatic heterocycles. The molecule has 5 nitrogen and oxygen atoms in total. The highest BCUT2D eigenvalue weighted by atomic mass is 16.5. The molecule has 0 atom stereocenters. The van der Waals surface area contributed by atoms with Crippen molar-refractivity contribution in [1.82, 2.24) is 0 Å². The molecule has 0 fully saturated rings. The molecule has 0 amide bonds. The van der Waals surface area contributed by atoms with Gasteiger partial charge in [-0.2, -0.15) is 0 Å². The summed E-state index contributed by atoms with van der Waals surface area (Å²) in [6, 6.07) is 16.5. The van der Waals surface area contributed by atoms with Gasteiger partial charge in [0.05, 0.1) is 12.2 Å². The van der Waals surface area contributed by atoms with E-state index >= 15 is 0 Å². The van der Waals surface area contributed by atoms with Crippen molar-refractivity contribution >= 4 is 16.9 Å². The fourth-order valence-corrected chi connectivity index (χ4v) is 3.37. The highest BCUT2D eigenvalue weighted by Gasteiger charge is 2.22. The molecule has 0 saturated heterocycles. The summed E-state index contributed by atoms with van der Waals surface area (Å²) in [5.74, 6) is 0.00638. The summed E-state index contributed by atoms with van der Waals surface area (Å²) in [5.41, 5.74) is 2.75. The maximum Gasteiger partial charge on any atom is 0.338 e. The number of aromatic hydroxyl groups is 1. The third-order valence-electron chi connectivity index (χ3n) is 4.72. The van der Waals surface area contributed by atoms with Crippen LogP contribution in [0.5, 0.6) is 5.75 Å². The van der Waals surface area contributed by atoms with Crippen LogP contribution in [0.15, 0.2) is 69.9 Å². The van der Waals surface area contributed by atoms with Crippen LogP contribution in [0, 0.1) is 6.92 Å². The van der Waals surface area contributed by atoms with Gasteiger partial charge in [0, 0.05) is 28.6 Å². The van der Waals surface area contributed by atoms with E-state index in [2.05, 4.69) is 6.92 Å². The summed E-state index contributed by atoms with van der Waals surface area (Å²) in [4.78, 5) is 24.6. The molecule has 0 spiro atoms. The Morgan fingerprint density at radius 3 is 2.69 bits per heavy atom. The molecule has 2 aromatic rings. The Morgan fingerprint density at radius 1 is 1.03 bits per heavy atom. The Balaban J connectivity index is 1.99. The predicted molar refractivity (Wildman–Crippen MR) is 111 cm³/mol. The number of hydrogen-bond acceptors (Lipinski definition) is 5. The van der Waals surface area contributed by atoms with Crippen LogP contribution < -0.4 is 5.43 Å². The monoisotopic (exact) mass is 387 g/mol. The molecule has 5 heteroatoms. The first-order valence-corrected chi connectivity index (χ1v) is 9.34. The van der Waals surface area contributed by atoms with Gasteiger partial charge in [-0.3, -0.25) is 4.79 Å². The van der Waals surface area contributed by atoms with Gasteiger partial charge in [0.1, 0.15) is 17.1 Å². The minimum absolute atomic E-state index is 0.0469. The van der Waals surface area contributed by atoms with Crippen LogP contribution in [0.25, 0.3) is 33.4 Å². The largest absolute Gasteiger partial charge is 0.508 e. The zero-order chi connectivity index (χ0) is 20.4. The normalized spacial score (nSPS) is 11.1. The van der Waals surface area contributed by atoms with Crippen molar-refractivity contribution in [1.29, 1.82) is 0 Å². The molecule has 1 radical (unpaired) electrons. The van der Waals surface area contributed by atoms with E-state index in [1.54, 1.807) is 30.3 Å². The topological polar surface area (TPSA) is 76.7 Å². The molecule has 4 rings (SSSR count). The summed E-state index contributed by atoms with van der Waals surface area (Å²) in [6.07, 6.45) is 1.38. The first kappa shape index (κ1) is 18.7. The van der Waals surface area contributed by atoms with Crippen molar-refractivity contribution in [2.45, 2.75) is 12.8 Å². The maximum atomic E-state index is 12.7. The first-order chi connectivity index (χ1) is 14.1. The minimum Gasteiger partial charge on any atom is -0.508 e. The summed E-state index contributed by atoms with van der Waals surface area (Å²) < 4.78 is 11.3. The number of hydrogen-bond donors (Lipinski definition) is 1. The summed E-state index contributed by atoms with van der Waals surface area (Å²) in [7, 11) is 0. The lowest BCUT2D eigenvalue weighted by Gasteiger charge is -2.17. The van der Waals surface area contributed by atoms with E-state index < -0.39 is 5.97 Å². The van der Waals surface area contributed by atoms with E-state index in [4.69, 9.17) is 9.15 Å². The molecule has 1 N–H and O–H groups in total. The molecule has 145 valence electrons.